The van der Waals surface area contributed by atoms with Gasteiger partial charge in [-0.15, -0.1) is 0 Å². The van der Waals surface area contributed by atoms with E-state index in [1.165, 1.54) is 5.56 Å². The van der Waals surface area contributed by atoms with Crippen molar-refractivity contribution in [2.24, 2.45) is 0 Å². The summed E-state index contributed by atoms with van der Waals surface area (Å²) in [5.74, 6) is 0.613. The number of aryl methyl sites for hydroxylation is 2. The first-order valence-corrected chi connectivity index (χ1v) is 5.63. The fourth-order valence-electron chi connectivity index (χ4n) is 1.71. The van der Waals surface area contributed by atoms with Crippen LogP contribution in [0.4, 0.5) is 5.69 Å². The van der Waals surface area contributed by atoms with E-state index < -0.39 is 0 Å². The molecule has 0 atom stereocenters. The maximum absolute atomic E-state index is 5.89. The first kappa shape index (κ1) is 11.5. The van der Waals surface area contributed by atoms with Crippen molar-refractivity contribution in [1.82, 2.24) is 4.98 Å². The molecular formula is C14H16N2O. The van der Waals surface area contributed by atoms with Crippen LogP contribution in [0.3, 0.4) is 0 Å². The van der Waals surface area contributed by atoms with E-state index in [1.54, 1.807) is 13.2 Å². The van der Waals surface area contributed by atoms with Crippen molar-refractivity contribution in [1.29, 1.82) is 0 Å². The Morgan fingerprint density at radius 3 is 2.53 bits per heavy atom. The molecule has 0 radical (unpaired) electrons. The smallest absolute Gasteiger partial charge is 0.213 e. The quantitative estimate of drug-likeness (QED) is 0.874. The van der Waals surface area contributed by atoms with Crippen molar-refractivity contribution < 1.29 is 4.74 Å². The third-order valence-corrected chi connectivity index (χ3v) is 2.69. The lowest BCUT2D eigenvalue weighted by atomic mass is 10.1. The molecule has 0 aliphatic rings. The van der Waals surface area contributed by atoms with Gasteiger partial charge in [0.2, 0.25) is 5.88 Å². The lowest BCUT2D eigenvalue weighted by Gasteiger charge is -2.07. The van der Waals surface area contributed by atoms with E-state index in [2.05, 4.69) is 17.1 Å². The van der Waals surface area contributed by atoms with Crippen molar-refractivity contribution in [2.45, 2.75) is 12.8 Å². The third kappa shape index (κ3) is 2.97. The molecule has 0 aliphatic carbocycles. The van der Waals surface area contributed by atoms with Crippen molar-refractivity contribution >= 4 is 5.69 Å². The Balaban J connectivity index is 2.08. The molecule has 0 saturated heterocycles. The summed E-state index contributed by atoms with van der Waals surface area (Å²) in [6.07, 6.45) is 1.76. The highest BCUT2D eigenvalue weighted by molar-refractivity contribution is 5.44. The lowest BCUT2D eigenvalue weighted by Crippen LogP contribution is -2.01. The van der Waals surface area contributed by atoms with E-state index in [1.807, 2.05) is 24.3 Å². The molecule has 0 fully saturated rings. The van der Waals surface area contributed by atoms with Gasteiger partial charge >= 0.3 is 0 Å². The van der Waals surface area contributed by atoms with Crippen LogP contribution in [0.2, 0.25) is 0 Å². The molecule has 0 saturated carbocycles. The number of pyridine rings is 1. The predicted octanol–water partition coefficient (Wildman–Crippen LogP) is 2.46. The number of rotatable bonds is 4. The van der Waals surface area contributed by atoms with Crippen LogP contribution in [0.5, 0.6) is 5.88 Å². The summed E-state index contributed by atoms with van der Waals surface area (Å²) in [6, 6.07) is 13.9. The van der Waals surface area contributed by atoms with Crippen LogP contribution < -0.4 is 10.5 Å². The number of aromatic nitrogens is 1. The van der Waals surface area contributed by atoms with E-state index in [-0.39, 0.29) is 0 Å². The predicted molar refractivity (Wildman–Crippen MR) is 69.1 cm³/mol. The molecule has 2 rings (SSSR count). The molecule has 88 valence electrons. The summed E-state index contributed by atoms with van der Waals surface area (Å²) in [7, 11) is 1.61. The van der Waals surface area contributed by atoms with Crippen LogP contribution in [-0.2, 0) is 12.8 Å². The molecule has 1 aromatic carbocycles. The largest absolute Gasteiger partial charge is 0.481 e. The first-order valence-electron chi connectivity index (χ1n) is 5.63. The molecule has 0 unspecified atom stereocenters. The van der Waals surface area contributed by atoms with E-state index in [9.17, 15) is 0 Å². The Bertz CT molecular complexity index is 483. The van der Waals surface area contributed by atoms with Gasteiger partial charge in [-0.3, -0.25) is 0 Å². The number of ether oxygens (including phenoxy) is 1. The summed E-state index contributed by atoms with van der Waals surface area (Å²) in [5.41, 5.74) is 8.80. The summed E-state index contributed by atoms with van der Waals surface area (Å²) in [4.78, 5) is 4.36. The topological polar surface area (TPSA) is 48.1 Å². The standard InChI is InChI=1S/C14H16N2O/c1-17-14-10-8-12(15)13(16-14)9-7-11-5-3-2-4-6-11/h2-6,8,10H,7,9,15H2,1H3. The van der Waals surface area contributed by atoms with Gasteiger partial charge in [0.05, 0.1) is 18.5 Å². The Morgan fingerprint density at radius 2 is 1.82 bits per heavy atom. The molecule has 2 N–H and O–H groups in total. The second-order valence-corrected chi connectivity index (χ2v) is 3.88. The van der Waals surface area contributed by atoms with Crippen LogP contribution in [0.25, 0.3) is 0 Å². The SMILES string of the molecule is COc1ccc(N)c(CCc2ccccc2)n1. The van der Waals surface area contributed by atoms with Crippen molar-refractivity contribution in [3.63, 3.8) is 0 Å². The highest BCUT2D eigenvalue weighted by atomic mass is 16.5. The summed E-state index contributed by atoms with van der Waals surface area (Å²) in [6.45, 7) is 0. The fourth-order valence-corrected chi connectivity index (χ4v) is 1.71. The molecular weight excluding hydrogens is 212 g/mol. The number of nitrogens with zero attached hydrogens (tertiary/aromatic N) is 1. The summed E-state index contributed by atoms with van der Waals surface area (Å²) in [5, 5.41) is 0. The molecule has 1 heterocycles. The van der Waals surface area contributed by atoms with Gasteiger partial charge in [0.1, 0.15) is 0 Å². The number of hydrogen-bond acceptors (Lipinski definition) is 3. The number of anilines is 1. The Morgan fingerprint density at radius 1 is 1.06 bits per heavy atom. The van der Waals surface area contributed by atoms with Gasteiger partial charge in [0.25, 0.3) is 0 Å². The van der Waals surface area contributed by atoms with Gasteiger partial charge in [-0.1, -0.05) is 30.3 Å². The van der Waals surface area contributed by atoms with Crippen LogP contribution in [0, 0.1) is 0 Å². The minimum atomic E-state index is 0.613. The lowest BCUT2D eigenvalue weighted by molar-refractivity contribution is 0.396. The highest BCUT2D eigenvalue weighted by Crippen LogP contribution is 2.16. The van der Waals surface area contributed by atoms with Gasteiger partial charge in [-0.25, -0.2) is 4.98 Å². The zero-order valence-electron chi connectivity index (χ0n) is 9.89. The molecule has 3 nitrogen and oxygen atoms in total. The molecule has 3 heteroatoms. The Kier molecular flexibility index (Phi) is 3.60. The second kappa shape index (κ2) is 5.34. The Labute approximate surface area is 101 Å². The maximum atomic E-state index is 5.89. The van der Waals surface area contributed by atoms with Gasteiger partial charge in [0.15, 0.2) is 0 Å². The zero-order valence-corrected chi connectivity index (χ0v) is 9.89. The Hall–Kier alpha value is -2.03. The third-order valence-electron chi connectivity index (χ3n) is 2.69. The van der Waals surface area contributed by atoms with Crippen molar-refractivity contribution in [3.05, 3.63) is 53.7 Å². The van der Waals surface area contributed by atoms with Crippen molar-refractivity contribution in [2.75, 3.05) is 12.8 Å². The minimum Gasteiger partial charge on any atom is -0.481 e. The number of hydrogen-bond donors (Lipinski definition) is 1. The second-order valence-electron chi connectivity index (χ2n) is 3.88. The summed E-state index contributed by atoms with van der Waals surface area (Å²) < 4.78 is 5.10. The number of nitrogens with two attached hydrogens (primary N) is 1. The first-order chi connectivity index (χ1) is 8.29. The van der Waals surface area contributed by atoms with E-state index in [4.69, 9.17) is 10.5 Å². The molecule has 1 aromatic heterocycles. The maximum Gasteiger partial charge on any atom is 0.213 e. The fraction of sp³-hybridized carbons (Fsp3) is 0.214. The summed E-state index contributed by atoms with van der Waals surface area (Å²) >= 11 is 0. The van der Waals surface area contributed by atoms with Crippen LogP contribution in [-0.4, -0.2) is 12.1 Å². The number of nitrogen functional groups attached to an aromatic ring is 1. The van der Waals surface area contributed by atoms with E-state index >= 15 is 0 Å². The number of benzene rings is 1. The molecule has 17 heavy (non-hydrogen) atoms. The molecule has 2 aromatic rings. The van der Waals surface area contributed by atoms with Gasteiger partial charge in [0, 0.05) is 6.07 Å². The van der Waals surface area contributed by atoms with Crippen molar-refractivity contribution in [3.8, 4) is 5.88 Å². The molecule has 0 bridgehead atoms. The minimum absolute atomic E-state index is 0.613. The average Bonchev–Trinajstić information content (AvgIpc) is 2.39. The zero-order chi connectivity index (χ0) is 12.1. The monoisotopic (exact) mass is 228 g/mol. The van der Waals surface area contributed by atoms with Crippen LogP contribution in [0.15, 0.2) is 42.5 Å². The van der Waals surface area contributed by atoms with Gasteiger partial charge < -0.3 is 10.5 Å². The van der Waals surface area contributed by atoms with Crippen LogP contribution in [0.1, 0.15) is 11.3 Å². The highest BCUT2D eigenvalue weighted by Gasteiger charge is 2.03. The molecule has 0 aliphatic heterocycles. The van der Waals surface area contributed by atoms with E-state index in [0.717, 1.165) is 24.2 Å². The number of methoxy groups -OCH3 is 1. The van der Waals surface area contributed by atoms with E-state index in [0.29, 0.717) is 5.88 Å². The van der Waals surface area contributed by atoms with Gasteiger partial charge in [-0.05, 0) is 24.5 Å². The average molecular weight is 228 g/mol. The molecule has 0 amide bonds. The normalized spacial score (nSPS) is 10.2. The van der Waals surface area contributed by atoms with Gasteiger partial charge in [-0.2, -0.15) is 0 Å². The molecule has 0 spiro atoms. The van der Waals surface area contributed by atoms with Crippen LogP contribution >= 0.6 is 0 Å².